The lowest BCUT2D eigenvalue weighted by Crippen LogP contribution is -2.35. The van der Waals surface area contributed by atoms with Crippen molar-refractivity contribution in [2.75, 3.05) is 19.0 Å². The van der Waals surface area contributed by atoms with Gasteiger partial charge in [0.15, 0.2) is 0 Å². The lowest BCUT2D eigenvalue weighted by molar-refractivity contribution is -0.118. The first-order valence-electron chi connectivity index (χ1n) is 6.11. The Morgan fingerprint density at radius 3 is 2.89 bits per heavy atom. The normalized spacial score (nSPS) is 23.1. The van der Waals surface area contributed by atoms with Gasteiger partial charge in [0.2, 0.25) is 5.91 Å². The van der Waals surface area contributed by atoms with E-state index in [1.807, 2.05) is 26.0 Å². The van der Waals surface area contributed by atoms with Gasteiger partial charge in [-0.25, -0.2) is 0 Å². The number of nitrogens with one attached hydrogen (secondary N) is 2. The number of aromatic nitrogens is 1. The van der Waals surface area contributed by atoms with Crippen LogP contribution in [0.25, 0.3) is 0 Å². The van der Waals surface area contributed by atoms with Crippen LogP contribution in [0.15, 0.2) is 12.1 Å². The van der Waals surface area contributed by atoms with Crippen molar-refractivity contribution in [3.63, 3.8) is 0 Å². The fourth-order valence-corrected chi connectivity index (χ4v) is 2.12. The minimum atomic E-state index is -0.185. The molecule has 1 fully saturated rings. The van der Waals surface area contributed by atoms with E-state index >= 15 is 0 Å². The zero-order valence-corrected chi connectivity index (χ0v) is 11.0. The summed E-state index contributed by atoms with van der Waals surface area (Å²) in [5.74, 6) is -0.0247. The second kappa shape index (κ2) is 5.46. The molecule has 0 spiro atoms. The molecule has 2 heterocycles. The van der Waals surface area contributed by atoms with Crippen LogP contribution in [0, 0.1) is 13.8 Å². The summed E-state index contributed by atoms with van der Waals surface area (Å²) in [6.07, 6.45) is 0.832. The Kier molecular flexibility index (Phi) is 3.93. The van der Waals surface area contributed by atoms with Crippen LogP contribution in [0.3, 0.4) is 0 Å². The Hall–Kier alpha value is -1.46. The number of rotatable bonds is 3. The van der Waals surface area contributed by atoms with Crippen molar-refractivity contribution in [1.29, 1.82) is 0 Å². The molecule has 5 nitrogen and oxygen atoms in total. The minimum absolute atomic E-state index is 0.0247. The number of hydrogen-bond acceptors (Lipinski definition) is 4. The average Bonchev–Trinajstić information content (AvgIpc) is 2.81. The number of nitrogens with zero attached hydrogens (tertiary/aromatic N) is 1. The molecule has 18 heavy (non-hydrogen) atoms. The zero-order valence-electron chi connectivity index (χ0n) is 11.0. The number of aryl methyl sites for hydroxylation is 2. The minimum Gasteiger partial charge on any atom is -0.380 e. The number of hydrogen-bond donors (Lipinski definition) is 2. The van der Waals surface area contributed by atoms with Gasteiger partial charge < -0.3 is 15.4 Å². The molecule has 1 aromatic heterocycles. The van der Waals surface area contributed by atoms with E-state index in [4.69, 9.17) is 4.74 Å². The van der Waals surface area contributed by atoms with Gasteiger partial charge in [-0.3, -0.25) is 9.78 Å². The Balaban J connectivity index is 1.99. The highest BCUT2D eigenvalue weighted by atomic mass is 16.5. The Labute approximate surface area is 107 Å². The third-order valence-corrected chi connectivity index (χ3v) is 3.22. The number of carbonyl (C=O) groups excluding carboxylic acids is 1. The largest absolute Gasteiger partial charge is 0.380 e. The molecule has 0 aliphatic carbocycles. The van der Waals surface area contributed by atoms with Crippen molar-refractivity contribution >= 4 is 11.6 Å². The van der Waals surface area contributed by atoms with Crippen LogP contribution < -0.4 is 10.6 Å². The van der Waals surface area contributed by atoms with E-state index < -0.39 is 0 Å². The van der Waals surface area contributed by atoms with Gasteiger partial charge in [0.25, 0.3) is 0 Å². The SMILES string of the molecule is COC1CNC(C(=O)Nc2ccc(C)nc2C)C1. The summed E-state index contributed by atoms with van der Waals surface area (Å²) in [4.78, 5) is 16.4. The van der Waals surface area contributed by atoms with Crippen LogP contribution in [0.1, 0.15) is 17.8 Å². The van der Waals surface area contributed by atoms with E-state index in [1.54, 1.807) is 7.11 Å². The van der Waals surface area contributed by atoms with E-state index in [9.17, 15) is 4.79 Å². The highest BCUT2D eigenvalue weighted by Crippen LogP contribution is 2.15. The monoisotopic (exact) mass is 249 g/mol. The molecule has 0 radical (unpaired) electrons. The molecular weight excluding hydrogens is 230 g/mol. The third-order valence-electron chi connectivity index (χ3n) is 3.22. The Morgan fingerprint density at radius 2 is 2.28 bits per heavy atom. The van der Waals surface area contributed by atoms with Crippen molar-refractivity contribution in [2.45, 2.75) is 32.4 Å². The number of anilines is 1. The predicted molar refractivity (Wildman–Crippen MR) is 69.5 cm³/mol. The molecule has 1 saturated heterocycles. The van der Waals surface area contributed by atoms with E-state index in [2.05, 4.69) is 15.6 Å². The molecule has 5 heteroatoms. The molecule has 1 amide bonds. The maximum absolute atomic E-state index is 12.1. The molecule has 98 valence electrons. The number of pyridine rings is 1. The molecule has 2 N–H and O–H groups in total. The fraction of sp³-hybridized carbons (Fsp3) is 0.538. The van der Waals surface area contributed by atoms with Gasteiger partial charge in [0.1, 0.15) is 0 Å². The second-order valence-corrected chi connectivity index (χ2v) is 4.63. The molecule has 0 bridgehead atoms. The van der Waals surface area contributed by atoms with Crippen molar-refractivity contribution in [1.82, 2.24) is 10.3 Å². The van der Waals surface area contributed by atoms with Gasteiger partial charge in [-0.15, -0.1) is 0 Å². The maximum Gasteiger partial charge on any atom is 0.241 e. The Morgan fingerprint density at radius 1 is 1.50 bits per heavy atom. The number of amides is 1. The molecule has 1 aliphatic heterocycles. The Bertz CT molecular complexity index is 448. The maximum atomic E-state index is 12.1. The highest BCUT2D eigenvalue weighted by molar-refractivity contribution is 5.95. The van der Waals surface area contributed by atoms with Gasteiger partial charge in [0.05, 0.1) is 23.5 Å². The number of methoxy groups -OCH3 is 1. The molecule has 1 aromatic rings. The van der Waals surface area contributed by atoms with Crippen molar-refractivity contribution in [3.05, 3.63) is 23.5 Å². The van der Waals surface area contributed by atoms with Gasteiger partial charge in [-0.2, -0.15) is 0 Å². The number of ether oxygens (including phenoxy) is 1. The first kappa shape index (κ1) is 13.0. The first-order valence-corrected chi connectivity index (χ1v) is 6.11. The topological polar surface area (TPSA) is 63.2 Å². The van der Waals surface area contributed by atoms with Crippen LogP contribution in [-0.2, 0) is 9.53 Å². The summed E-state index contributed by atoms with van der Waals surface area (Å²) in [6, 6.07) is 3.59. The lowest BCUT2D eigenvalue weighted by Gasteiger charge is -2.13. The molecule has 1 aliphatic rings. The fourth-order valence-electron chi connectivity index (χ4n) is 2.12. The van der Waals surface area contributed by atoms with Gasteiger partial charge >= 0.3 is 0 Å². The molecule has 0 saturated carbocycles. The van der Waals surface area contributed by atoms with E-state index in [0.29, 0.717) is 6.42 Å². The third kappa shape index (κ3) is 2.86. The van der Waals surface area contributed by atoms with Crippen molar-refractivity contribution < 1.29 is 9.53 Å². The molecule has 2 rings (SSSR count). The average molecular weight is 249 g/mol. The number of carbonyl (C=O) groups is 1. The van der Waals surface area contributed by atoms with Gasteiger partial charge in [-0.1, -0.05) is 0 Å². The summed E-state index contributed by atoms with van der Waals surface area (Å²) in [6.45, 7) is 4.54. The van der Waals surface area contributed by atoms with Crippen LogP contribution in [0.2, 0.25) is 0 Å². The first-order chi connectivity index (χ1) is 8.60. The van der Waals surface area contributed by atoms with E-state index in [0.717, 1.165) is 23.6 Å². The second-order valence-electron chi connectivity index (χ2n) is 4.63. The predicted octanol–water partition coefficient (Wildman–Crippen LogP) is 1.01. The quantitative estimate of drug-likeness (QED) is 0.839. The zero-order chi connectivity index (χ0) is 13.1. The molecule has 2 atom stereocenters. The van der Waals surface area contributed by atoms with E-state index in [1.165, 1.54) is 0 Å². The summed E-state index contributed by atoms with van der Waals surface area (Å²) in [7, 11) is 1.67. The van der Waals surface area contributed by atoms with Crippen LogP contribution in [0.4, 0.5) is 5.69 Å². The van der Waals surface area contributed by atoms with Crippen molar-refractivity contribution in [2.24, 2.45) is 0 Å². The summed E-state index contributed by atoms with van der Waals surface area (Å²) in [5, 5.41) is 6.06. The molecular formula is C13H19N3O2. The van der Waals surface area contributed by atoms with E-state index in [-0.39, 0.29) is 18.1 Å². The lowest BCUT2D eigenvalue weighted by atomic mass is 10.2. The van der Waals surface area contributed by atoms with Crippen LogP contribution in [0.5, 0.6) is 0 Å². The van der Waals surface area contributed by atoms with Crippen LogP contribution in [-0.4, -0.2) is 36.7 Å². The van der Waals surface area contributed by atoms with Gasteiger partial charge in [-0.05, 0) is 32.4 Å². The van der Waals surface area contributed by atoms with Crippen molar-refractivity contribution in [3.8, 4) is 0 Å². The smallest absolute Gasteiger partial charge is 0.241 e. The van der Waals surface area contributed by atoms with Gasteiger partial charge in [0, 0.05) is 19.3 Å². The molecule has 0 aromatic carbocycles. The summed E-state index contributed by atoms with van der Waals surface area (Å²) >= 11 is 0. The standard InChI is InChI=1S/C13H19N3O2/c1-8-4-5-11(9(2)15-8)16-13(17)12-6-10(18-3)7-14-12/h4-5,10,12,14H,6-7H2,1-3H3,(H,16,17). The summed E-state index contributed by atoms with van der Waals surface area (Å²) in [5.41, 5.74) is 2.56. The summed E-state index contributed by atoms with van der Waals surface area (Å²) < 4.78 is 5.23. The van der Waals surface area contributed by atoms with Crippen LogP contribution >= 0.6 is 0 Å². The highest BCUT2D eigenvalue weighted by Gasteiger charge is 2.29. The molecule has 2 unspecified atom stereocenters.